The smallest absolute Gasteiger partial charge is 0.423 e. The Morgan fingerprint density at radius 1 is 0.846 bits per heavy atom. The molecule has 1 aliphatic rings. The third-order valence-corrected chi connectivity index (χ3v) is 9.82. The minimum Gasteiger partial charge on any atom is -0.447 e. The molecule has 2 rings (SSSR count). The van der Waals surface area contributed by atoms with Crippen LogP contribution in [0.4, 0.5) is 18.0 Å². The summed E-state index contributed by atoms with van der Waals surface area (Å²) >= 11 is 0. The van der Waals surface area contributed by atoms with Crippen LogP contribution in [-0.2, 0) is 20.4 Å². The van der Waals surface area contributed by atoms with Gasteiger partial charge in [0.1, 0.15) is 31.1 Å². The molecule has 1 aromatic rings. The molecule has 1 amide bonds. The largest absolute Gasteiger partial charge is 0.447 e. The molecule has 0 unspecified atom stereocenters. The van der Waals surface area contributed by atoms with E-state index in [2.05, 4.69) is 18.2 Å². The van der Waals surface area contributed by atoms with E-state index in [1.165, 1.54) is 135 Å². The number of alkyl halides is 3. The van der Waals surface area contributed by atoms with Gasteiger partial charge in [-0.25, -0.2) is 9.59 Å². The summed E-state index contributed by atoms with van der Waals surface area (Å²) in [5, 5.41) is 2.70. The van der Waals surface area contributed by atoms with Crippen LogP contribution in [0.15, 0.2) is 15.8 Å². The van der Waals surface area contributed by atoms with Gasteiger partial charge in [-0.1, -0.05) is 161 Å². The van der Waals surface area contributed by atoms with Gasteiger partial charge in [-0.15, -0.1) is 6.42 Å². The third kappa shape index (κ3) is 19.9. The van der Waals surface area contributed by atoms with E-state index in [9.17, 15) is 27.6 Å². The molecule has 0 bridgehead atoms. The number of alkyl carbamates (subject to hydrolysis) is 1. The van der Waals surface area contributed by atoms with Gasteiger partial charge in [0.05, 0.1) is 6.10 Å². The van der Waals surface area contributed by atoms with Crippen molar-refractivity contribution in [1.82, 2.24) is 14.9 Å². The van der Waals surface area contributed by atoms with Gasteiger partial charge in [0.2, 0.25) is 0 Å². The van der Waals surface area contributed by atoms with Crippen molar-refractivity contribution in [3.63, 3.8) is 0 Å². The van der Waals surface area contributed by atoms with E-state index < -0.39 is 47.5 Å². The first-order valence-electron chi connectivity index (χ1n) is 20.2. The number of carbonyl (C=O) groups is 1. The maximum absolute atomic E-state index is 13.2. The Kier molecular flexibility index (Phi) is 24.2. The Hall–Kier alpha value is -2.78. The van der Waals surface area contributed by atoms with Gasteiger partial charge >= 0.3 is 18.0 Å². The highest BCUT2D eigenvalue weighted by molar-refractivity contribution is 5.67. The molecule has 0 radical (unpaired) electrons. The highest BCUT2D eigenvalue weighted by atomic mass is 19.4. The summed E-state index contributed by atoms with van der Waals surface area (Å²) in [6.45, 7) is 2.35. The molecule has 298 valence electrons. The lowest BCUT2D eigenvalue weighted by atomic mass is 10.0. The molecule has 0 spiro atoms. The number of H-pyrrole nitrogens is 1. The number of rotatable bonds is 30. The number of terminal acetylenes is 1. The van der Waals surface area contributed by atoms with Gasteiger partial charge in [-0.3, -0.25) is 14.3 Å². The van der Waals surface area contributed by atoms with E-state index in [0.29, 0.717) is 17.3 Å². The molecule has 2 N–H and O–H groups in total. The molecule has 1 aliphatic heterocycles. The third-order valence-electron chi connectivity index (χ3n) is 9.82. The van der Waals surface area contributed by atoms with Gasteiger partial charge in [0.25, 0.3) is 5.56 Å². The molecular weight excluding hydrogens is 675 g/mol. The van der Waals surface area contributed by atoms with Crippen LogP contribution < -0.4 is 16.6 Å². The minimum absolute atomic E-state index is 0.0416. The maximum Gasteiger partial charge on any atom is 0.423 e. The van der Waals surface area contributed by atoms with E-state index in [1.807, 2.05) is 0 Å². The number of ether oxygens (including phenoxy) is 3. The lowest BCUT2D eigenvalue weighted by Crippen LogP contribution is -2.36. The predicted octanol–water partition coefficient (Wildman–Crippen LogP) is 9.97. The van der Waals surface area contributed by atoms with Crippen molar-refractivity contribution in [3.05, 3.63) is 32.6 Å². The molecule has 1 fully saturated rings. The molecular formula is C40H66F3N3O6. The Bertz CT molecular complexity index is 1240. The average Bonchev–Trinajstić information content (AvgIpc) is 3.51. The number of carbonyl (C=O) groups excluding carboxylic acids is 1. The number of aromatic nitrogens is 2. The van der Waals surface area contributed by atoms with Crippen molar-refractivity contribution < 1.29 is 32.2 Å². The van der Waals surface area contributed by atoms with Crippen LogP contribution in [0.25, 0.3) is 0 Å². The number of hydrogen-bond acceptors (Lipinski definition) is 6. The van der Waals surface area contributed by atoms with Gasteiger partial charge < -0.3 is 19.5 Å². The van der Waals surface area contributed by atoms with Crippen LogP contribution >= 0.6 is 0 Å². The van der Waals surface area contributed by atoms with Crippen molar-refractivity contribution in [2.24, 2.45) is 0 Å². The molecule has 9 nitrogen and oxygen atoms in total. The van der Waals surface area contributed by atoms with Crippen molar-refractivity contribution in [1.29, 1.82) is 0 Å². The lowest BCUT2D eigenvalue weighted by Gasteiger charge is -2.18. The summed E-state index contributed by atoms with van der Waals surface area (Å²) in [5.74, 6) is 2.30. The zero-order valence-corrected chi connectivity index (χ0v) is 31.7. The number of amides is 1. The van der Waals surface area contributed by atoms with Crippen LogP contribution in [0, 0.1) is 12.3 Å². The van der Waals surface area contributed by atoms with Crippen molar-refractivity contribution in [3.8, 4) is 12.3 Å². The van der Waals surface area contributed by atoms with Gasteiger partial charge in [0.15, 0.2) is 0 Å². The second kappa shape index (κ2) is 27.8. The van der Waals surface area contributed by atoms with Crippen LogP contribution in [0.1, 0.15) is 179 Å². The first-order chi connectivity index (χ1) is 25.2. The summed E-state index contributed by atoms with van der Waals surface area (Å²) in [7, 11) is 0. The SMILES string of the molecule is C#CCO[C@H]1C[C@H](n2cc(C(F)(F)F)c(=O)[nH]c2=O)O[C@@H]1COC(=O)NCCCCCCCCCCCCCCCCCCCCCCCCCC. The number of hydrogen-bond donors (Lipinski definition) is 2. The lowest BCUT2D eigenvalue weighted by molar-refractivity contribution is -0.139. The van der Waals surface area contributed by atoms with Crippen molar-refractivity contribution in [2.45, 2.75) is 192 Å². The minimum atomic E-state index is -4.97. The van der Waals surface area contributed by atoms with E-state index in [0.717, 1.165) is 19.3 Å². The fraction of sp³-hybridized carbons (Fsp3) is 0.825. The Labute approximate surface area is 309 Å². The summed E-state index contributed by atoms with van der Waals surface area (Å²) in [4.78, 5) is 37.9. The molecule has 0 saturated carbocycles. The Morgan fingerprint density at radius 3 is 1.75 bits per heavy atom. The molecule has 1 saturated heterocycles. The molecule has 3 atom stereocenters. The zero-order chi connectivity index (χ0) is 37.9. The predicted molar refractivity (Wildman–Crippen MR) is 199 cm³/mol. The van der Waals surface area contributed by atoms with E-state index in [-0.39, 0.29) is 19.6 Å². The fourth-order valence-corrected chi connectivity index (χ4v) is 6.74. The summed E-state index contributed by atoms with van der Waals surface area (Å²) in [6, 6.07) is 0. The second-order valence-corrected chi connectivity index (χ2v) is 14.3. The summed E-state index contributed by atoms with van der Waals surface area (Å²) in [5.41, 5.74) is -4.14. The normalized spacial score (nSPS) is 17.3. The Balaban J connectivity index is 1.44. The van der Waals surface area contributed by atoms with Gasteiger partial charge in [-0.2, -0.15) is 13.2 Å². The first kappa shape index (κ1) is 45.4. The number of nitrogens with one attached hydrogen (secondary N) is 2. The van der Waals surface area contributed by atoms with Crippen molar-refractivity contribution in [2.75, 3.05) is 19.8 Å². The van der Waals surface area contributed by atoms with E-state index >= 15 is 0 Å². The number of nitrogens with zero attached hydrogens (tertiary/aromatic N) is 1. The Morgan fingerprint density at radius 2 is 1.31 bits per heavy atom. The molecule has 12 heteroatoms. The molecule has 1 aromatic heterocycles. The quantitative estimate of drug-likeness (QED) is 0.0600. The van der Waals surface area contributed by atoms with Gasteiger partial charge in [0, 0.05) is 19.2 Å². The van der Waals surface area contributed by atoms with Crippen LogP contribution in [0.5, 0.6) is 0 Å². The van der Waals surface area contributed by atoms with E-state index in [1.54, 1.807) is 4.98 Å². The highest BCUT2D eigenvalue weighted by Crippen LogP contribution is 2.32. The fourth-order valence-electron chi connectivity index (χ4n) is 6.74. The molecule has 0 aliphatic carbocycles. The van der Waals surface area contributed by atoms with Gasteiger partial charge in [-0.05, 0) is 6.42 Å². The van der Waals surface area contributed by atoms with Crippen LogP contribution in [0.3, 0.4) is 0 Å². The second-order valence-electron chi connectivity index (χ2n) is 14.3. The van der Waals surface area contributed by atoms with Crippen LogP contribution in [-0.4, -0.2) is 47.6 Å². The molecule has 2 heterocycles. The zero-order valence-electron chi connectivity index (χ0n) is 31.7. The topological polar surface area (TPSA) is 112 Å². The van der Waals surface area contributed by atoms with E-state index in [4.69, 9.17) is 20.6 Å². The van der Waals surface area contributed by atoms with Crippen molar-refractivity contribution >= 4 is 6.09 Å². The standard InChI is InChI=1S/C40H66F3N3O6/c1-3-5-6-7-8-9-10-11-12-13-14-15-16-17-18-19-20-21-22-23-24-25-26-27-28-44-39(49)51-32-35-34(50-29-4-2)30-36(52-35)46-31-33(40(41,42)43)37(47)45-38(46)48/h2,31,34-36H,3,5-30,32H2,1H3,(H,44,49)(H,45,47,48)/t34-,35+,36+/m0/s1. The summed E-state index contributed by atoms with van der Waals surface area (Å²) < 4.78 is 56.9. The number of unbranched alkanes of at least 4 members (excludes halogenated alkanes) is 23. The average molecular weight is 742 g/mol. The highest BCUT2D eigenvalue weighted by Gasteiger charge is 2.40. The van der Waals surface area contributed by atoms with Crippen LogP contribution in [0.2, 0.25) is 0 Å². The first-order valence-corrected chi connectivity index (χ1v) is 20.2. The number of halogens is 3. The monoisotopic (exact) mass is 741 g/mol. The maximum atomic E-state index is 13.2. The molecule has 0 aromatic carbocycles. The summed E-state index contributed by atoms with van der Waals surface area (Å²) in [6.07, 6.45) is 28.9. The number of aromatic amines is 1. The molecule has 52 heavy (non-hydrogen) atoms.